The van der Waals surface area contributed by atoms with E-state index in [9.17, 15) is 18.0 Å². The summed E-state index contributed by atoms with van der Waals surface area (Å²) in [5.74, 6) is 0.309. The number of nitrogens with one attached hydrogen (secondary N) is 2. The van der Waals surface area contributed by atoms with Gasteiger partial charge in [-0.15, -0.1) is 0 Å². The van der Waals surface area contributed by atoms with Crippen LogP contribution < -0.4 is 5.32 Å². The van der Waals surface area contributed by atoms with E-state index in [0.717, 1.165) is 52.5 Å². The number of aromatic nitrogens is 5. The molecule has 2 N–H and O–H groups in total. The number of aryl methyl sites for hydroxylation is 1. The first-order chi connectivity index (χ1) is 16.8. The van der Waals surface area contributed by atoms with E-state index in [4.69, 9.17) is 0 Å². The van der Waals surface area contributed by atoms with Gasteiger partial charge in [0.05, 0.1) is 29.5 Å². The van der Waals surface area contributed by atoms with Gasteiger partial charge in [-0.05, 0) is 66.8 Å². The summed E-state index contributed by atoms with van der Waals surface area (Å²) in [5.41, 5.74) is 3.77. The van der Waals surface area contributed by atoms with Crippen LogP contribution in [0.5, 0.6) is 0 Å². The number of rotatable bonds is 5. The maximum Gasteiger partial charge on any atom is 0.416 e. The Hall–Kier alpha value is -4.08. The smallest absolute Gasteiger partial charge is 0.346 e. The lowest BCUT2D eigenvalue weighted by Crippen LogP contribution is -2.23. The van der Waals surface area contributed by atoms with Gasteiger partial charge in [-0.3, -0.25) is 19.1 Å². The highest BCUT2D eigenvalue weighted by Crippen LogP contribution is 2.41. The molecule has 3 aromatic heterocycles. The van der Waals surface area contributed by atoms with Gasteiger partial charge < -0.3 is 5.32 Å². The molecule has 0 bridgehead atoms. The molecule has 1 aliphatic carbocycles. The van der Waals surface area contributed by atoms with Gasteiger partial charge in [0.25, 0.3) is 5.91 Å². The molecule has 1 amide bonds. The van der Waals surface area contributed by atoms with E-state index < -0.39 is 11.7 Å². The highest BCUT2D eigenvalue weighted by Gasteiger charge is 2.30. The van der Waals surface area contributed by atoms with Crippen LogP contribution in [-0.4, -0.2) is 30.5 Å². The molecule has 7 nitrogen and oxygen atoms in total. The minimum absolute atomic E-state index is 0.220. The predicted molar refractivity (Wildman–Crippen MR) is 124 cm³/mol. The van der Waals surface area contributed by atoms with Gasteiger partial charge in [-0.25, -0.2) is 0 Å². The van der Waals surface area contributed by atoms with Crippen LogP contribution >= 0.6 is 0 Å². The molecule has 35 heavy (non-hydrogen) atoms. The zero-order valence-corrected chi connectivity index (χ0v) is 18.7. The van der Waals surface area contributed by atoms with Crippen molar-refractivity contribution in [2.75, 3.05) is 0 Å². The summed E-state index contributed by atoms with van der Waals surface area (Å²) in [6.07, 6.45) is 1.55. The summed E-state index contributed by atoms with van der Waals surface area (Å²) in [6, 6.07) is 10.3. The second kappa shape index (κ2) is 7.72. The number of amides is 1. The number of nitrogens with zero attached hydrogens (tertiary/aromatic N) is 4. The van der Waals surface area contributed by atoms with Crippen molar-refractivity contribution in [1.29, 1.82) is 0 Å². The summed E-state index contributed by atoms with van der Waals surface area (Å²) >= 11 is 0. The van der Waals surface area contributed by atoms with Crippen molar-refractivity contribution in [2.24, 2.45) is 7.05 Å². The van der Waals surface area contributed by atoms with Crippen molar-refractivity contribution in [3.63, 3.8) is 0 Å². The maximum atomic E-state index is 13.0. The number of alkyl halides is 3. The van der Waals surface area contributed by atoms with Crippen LogP contribution in [0, 0.1) is 0 Å². The number of fused-ring (bicyclic) bond motifs is 3. The van der Waals surface area contributed by atoms with Crippen LogP contribution in [0.4, 0.5) is 13.2 Å². The number of hydrogen-bond donors (Lipinski definition) is 2. The molecule has 178 valence electrons. The van der Waals surface area contributed by atoms with Crippen molar-refractivity contribution in [2.45, 2.75) is 31.5 Å². The van der Waals surface area contributed by atoms with Crippen LogP contribution in [0.3, 0.4) is 0 Å². The number of carbonyl (C=O) groups excluding carboxylic acids is 1. The third-order valence-electron chi connectivity index (χ3n) is 6.46. The van der Waals surface area contributed by atoms with Crippen molar-refractivity contribution in [3.05, 3.63) is 77.2 Å². The Kier molecular flexibility index (Phi) is 4.73. The quantitative estimate of drug-likeness (QED) is 0.370. The molecule has 0 radical (unpaired) electrons. The molecule has 5 aromatic rings. The first kappa shape index (κ1) is 21.5. The first-order valence-corrected chi connectivity index (χ1v) is 11.3. The van der Waals surface area contributed by atoms with Gasteiger partial charge in [-0.1, -0.05) is 0 Å². The van der Waals surface area contributed by atoms with Crippen LogP contribution in [-0.2, 0) is 19.8 Å². The van der Waals surface area contributed by atoms with Gasteiger partial charge >= 0.3 is 6.18 Å². The lowest BCUT2D eigenvalue weighted by Gasteiger charge is -2.10. The summed E-state index contributed by atoms with van der Waals surface area (Å²) in [5, 5.41) is 16.2. The van der Waals surface area contributed by atoms with E-state index >= 15 is 0 Å². The molecule has 1 aliphatic rings. The number of benzene rings is 2. The lowest BCUT2D eigenvalue weighted by atomic mass is 10.1. The fourth-order valence-electron chi connectivity index (χ4n) is 4.58. The third kappa shape index (κ3) is 3.74. The largest absolute Gasteiger partial charge is 0.416 e. The molecule has 3 heterocycles. The molecule has 1 saturated carbocycles. The van der Waals surface area contributed by atoms with Crippen LogP contribution in [0.15, 0.2) is 54.9 Å². The Morgan fingerprint density at radius 1 is 1.14 bits per heavy atom. The standard InChI is InChI=1S/C25H21F3N6O/c1-33-13-20-18-10-15(24(35)29-12-21-19(11-30-31-21)14-2-3-14)4-9-22(18)34(23(20)32-33)17-7-5-16(6-8-17)25(26,27)28/h4-11,13-14H,2-3,12H2,1H3,(H,29,35)(H,30,31). The Labute approximate surface area is 197 Å². The van der Waals surface area contributed by atoms with Gasteiger partial charge in [0.15, 0.2) is 5.65 Å². The fraction of sp³-hybridized carbons (Fsp3) is 0.240. The molecule has 6 rings (SSSR count). The predicted octanol–water partition coefficient (Wildman–Crippen LogP) is 5.07. The molecule has 0 spiro atoms. The Morgan fingerprint density at radius 2 is 1.91 bits per heavy atom. The second-order valence-electron chi connectivity index (χ2n) is 8.91. The van der Waals surface area contributed by atoms with Crippen molar-refractivity contribution < 1.29 is 18.0 Å². The SMILES string of the molecule is Cn1cc2c3cc(C(=O)NCc4[nH]ncc4C4CC4)ccc3n(-c3ccc(C(F)(F)F)cc3)c2n1. The number of aromatic amines is 1. The Balaban J connectivity index is 1.35. The van der Waals surface area contributed by atoms with Crippen molar-refractivity contribution in [1.82, 2.24) is 29.9 Å². The average molecular weight is 478 g/mol. The van der Waals surface area contributed by atoms with Gasteiger partial charge in [0.2, 0.25) is 0 Å². The van der Waals surface area contributed by atoms with Gasteiger partial charge in [-0.2, -0.15) is 23.4 Å². The zero-order chi connectivity index (χ0) is 24.3. The van der Waals surface area contributed by atoms with Crippen LogP contribution in [0.25, 0.3) is 27.6 Å². The molecular weight excluding hydrogens is 457 g/mol. The van der Waals surface area contributed by atoms with E-state index in [0.29, 0.717) is 29.4 Å². The minimum Gasteiger partial charge on any atom is -0.346 e. The number of hydrogen-bond acceptors (Lipinski definition) is 3. The lowest BCUT2D eigenvalue weighted by molar-refractivity contribution is -0.137. The van der Waals surface area contributed by atoms with E-state index in [1.54, 1.807) is 34.5 Å². The Bertz CT molecular complexity index is 1570. The zero-order valence-electron chi connectivity index (χ0n) is 18.7. The van der Waals surface area contributed by atoms with Crippen molar-refractivity contribution in [3.8, 4) is 5.69 Å². The number of carbonyl (C=O) groups is 1. The third-order valence-corrected chi connectivity index (χ3v) is 6.46. The monoisotopic (exact) mass is 478 g/mol. The topological polar surface area (TPSA) is 80.5 Å². The van der Waals surface area contributed by atoms with E-state index in [1.807, 2.05) is 12.4 Å². The number of H-pyrrole nitrogens is 1. The van der Waals surface area contributed by atoms with Gasteiger partial charge in [0.1, 0.15) is 0 Å². The van der Waals surface area contributed by atoms with Gasteiger partial charge in [0, 0.05) is 35.3 Å². The summed E-state index contributed by atoms with van der Waals surface area (Å²) in [6.45, 7) is 0.359. The van der Waals surface area contributed by atoms with Crippen LogP contribution in [0.2, 0.25) is 0 Å². The molecule has 0 unspecified atom stereocenters. The minimum atomic E-state index is -4.41. The number of halogens is 3. The summed E-state index contributed by atoms with van der Waals surface area (Å²) < 4.78 is 42.6. The fourth-order valence-corrected chi connectivity index (χ4v) is 4.58. The molecule has 1 fully saturated rings. The molecule has 2 aromatic carbocycles. The van der Waals surface area contributed by atoms with E-state index in [2.05, 4.69) is 20.6 Å². The van der Waals surface area contributed by atoms with Crippen LogP contribution in [0.1, 0.15) is 45.9 Å². The van der Waals surface area contributed by atoms with E-state index in [-0.39, 0.29) is 5.91 Å². The normalized spacial score (nSPS) is 14.2. The highest BCUT2D eigenvalue weighted by atomic mass is 19.4. The molecule has 0 aliphatic heterocycles. The van der Waals surface area contributed by atoms with Crippen molar-refractivity contribution >= 4 is 27.8 Å². The van der Waals surface area contributed by atoms with E-state index in [1.165, 1.54) is 12.1 Å². The Morgan fingerprint density at radius 3 is 2.63 bits per heavy atom. The second-order valence-corrected chi connectivity index (χ2v) is 8.91. The molecule has 10 heteroatoms. The molecule has 0 atom stereocenters. The maximum absolute atomic E-state index is 13.0. The summed E-state index contributed by atoms with van der Waals surface area (Å²) in [4.78, 5) is 13.0. The molecular formula is C25H21F3N6O. The highest BCUT2D eigenvalue weighted by molar-refractivity contribution is 6.10. The first-order valence-electron chi connectivity index (χ1n) is 11.3. The molecule has 0 saturated heterocycles. The average Bonchev–Trinajstić information content (AvgIpc) is 3.33. The summed E-state index contributed by atoms with van der Waals surface area (Å²) in [7, 11) is 1.78.